The summed E-state index contributed by atoms with van der Waals surface area (Å²) in [6.07, 6.45) is -0.342. The molecule has 0 aliphatic heterocycles. The quantitative estimate of drug-likeness (QED) is 0.821. The van der Waals surface area contributed by atoms with Crippen LogP contribution in [0.2, 0.25) is 0 Å². The third-order valence-corrected chi connectivity index (χ3v) is 3.56. The Morgan fingerprint density at radius 2 is 1.86 bits per heavy atom. The summed E-state index contributed by atoms with van der Waals surface area (Å²) >= 11 is 0. The standard InChI is InChI=1S/C18H24N2O2/c1-12-7-8-14-9-10-15(19-16(14)11-12)13(2)20(6)17(21)22-18(3,4)5/h7-11,13H,1-6H3/t13-/m1/s1. The maximum atomic E-state index is 12.2. The predicted octanol–water partition coefficient (Wildman–Crippen LogP) is 4.47. The molecular formula is C18H24N2O2. The summed E-state index contributed by atoms with van der Waals surface area (Å²) in [6.45, 7) is 9.58. The zero-order valence-corrected chi connectivity index (χ0v) is 14.2. The van der Waals surface area contributed by atoms with Crippen LogP contribution >= 0.6 is 0 Å². The number of aromatic nitrogens is 1. The van der Waals surface area contributed by atoms with Gasteiger partial charge in [0.25, 0.3) is 0 Å². The van der Waals surface area contributed by atoms with Gasteiger partial charge in [0.15, 0.2) is 0 Å². The molecule has 1 atom stereocenters. The molecule has 118 valence electrons. The van der Waals surface area contributed by atoms with Crippen LogP contribution in [0.25, 0.3) is 10.9 Å². The molecule has 0 aliphatic carbocycles. The average Bonchev–Trinajstić information content (AvgIpc) is 2.43. The summed E-state index contributed by atoms with van der Waals surface area (Å²) < 4.78 is 5.41. The van der Waals surface area contributed by atoms with E-state index in [1.165, 1.54) is 5.56 Å². The molecule has 4 nitrogen and oxygen atoms in total. The van der Waals surface area contributed by atoms with E-state index in [0.29, 0.717) is 0 Å². The number of carbonyl (C=O) groups excluding carboxylic acids is 1. The van der Waals surface area contributed by atoms with Crippen LogP contribution in [-0.2, 0) is 4.74 Å². The second-order valence-corrected chi connectivity index (χ2v) is 6.70. The molecule has 0 unspecified atom stereocenters. The van der Waals surface area contributed by atoms with Gasteiger partial charge >= 0.3 is 6.09 Å². The van der Waals surface area contributed by atoms with Crippen LogP contribution in [0.5, 0.6) is 0 Å². The van der Waals surface area contributed by atoms with Gasteiger partial charge in [-0.3, -0.25) is 4.98 Å². The molecule has 0 fully saturated rings. The Morgan fingerprint density at radius 3 is 2.50 bits per heavy atom. The highest BCUT2D eigenvalue weighted by Crippen LogP contribution is 2.22. The van der Waals surface area contributed by atoms with E-state index in [2.05, 4.69) is 23.2 Å². The lowest BCUT2D eigenvalue weighted by molar-refractivity contribution is 0.0231. The number of hydrogen-bond acceptors (Lipinski definition) is 3. The van der Waals surface area contributed by atoms with Crippen LogP contribution < -0.4 is 0 Å². The number of carbonyl (C=O) groups is 1. The first-order chi connectivity index (χ1) is 10.2. The minimum absolute atomic E-state index is 0.153. The zero-order chi connectivity index (χ0) is 16.5. The molecule has 1 amide bonds. The summed E-state index contributed by atoms with van der Waals surface area (Å²) in [4.78, 5) is 18.4. The van der Waals surface area contributed by atoms with Gasteiger partial charge in [-0.1, -0.05) is 18.2 Å². The molecule has 2 aromatic rings. The number of pyridine rings is 1. The van der Waals surface area contributed by atoms with E-state index >= 15 is 0 Å². The number of amides is 1. The Balaban J connectivity index is 2.25. The zero-order valence-electron chi connectivity index (χ0n) is 14.2. The van der Waals surface area contributed by atoms with Crippen LogP contribution in [0.3, 0.4) is 0 Å². The fourth-order valence-corrected chi connectivity index (χ4v) is 2.17. The maximum absolute atomic E-state index is 12.2. The molecule has 1 aromatic heterocycles. The van der Waals surface area contributed by atoms with E-state index in [0.717, 1.165) is 16.6 Å². The number of fused-ring (bicyclic) bond motifs is 1. The van der Waals surface area contributed by atoms with E-state index in [9.17, 15) is 4.79 Å². The normalized spacial score (nSPS) is 13.0. The van der Waals surface area contributed by atoms with Crippen molar-refractivity contribution in [3.8, 4) is 0 Å². The second kappa shape index (κ2) is 5.95. The van der Waals surface area contributed by atoms with Crippen molar-refractivity contribution in [2.45, 2.75) is 46.3 Å². The topological polar surface area (TPSA) is 42.4 Å². The molecule has 1 heterocycles. The summed E-state index contributed by atoms with van der Waals surface area (Å²) in [5.74, 6) is 0. The minimum atomic E-state index is -0.501. The molecule has 0 saturated carbocycles. The third kappa shape index (κ3) is 3.75. The number of rotatable bonds is 2. The van der Waals surface area contributed by atoms with Gasteiger partial charge in [-0.2, -0.15) is 0 Å². The SMILES string of the molecule is Cc1ccc2ccc([C@@H](C)N(C)C(=O)OC(C)(C)C)nc2c1. The number of aryl methyl sites for hydroxylation is 1. The summed E-state index contributed by atoms with van der Waals surface area (Å²) in [6, 6.07) is 10.0. The smallest absolute Gasteiger partial charge is 0.410 e. The first-order valence-electron chi connectivity index (χ1n) is 7.50. The van der Waals surface area contributed by atoms with Gasteiger partial charge < -0.3 is 9.64 Å². The first-order valence-corrected chi connectivity index (χ1v) is 7.50. The highest BCUT2D eigenvalue weighted by molar-refractivity contribution is 5.79. The van der Waals surface area contributed by atoms with Gasteiger partial charge in [-0.05, 0) is 52.3 Å². The van der Waals surface area contributed by atoms with E-state index in [1.807, 2.05) is 46.8 Å². The van der Waals surface area contributed by atoms with Crippen molar-refractivity contribution in [1.82, 2.24) is 9.88 Å². The largest absolute Gasteiger partial charge is 0.444 e. The Morgan fingerprint density at radius 1 is 1.23 bits per heavy atom. The van der Waals surface area contributed by atoms with E-state index in [4.69, 9.17) is 4.74 Å². The molecule has 0 spiro atoms. The summed E-state index contributed by atoms with van der Waals surface area (Å²) in [7, 11) is 1.74. The lowest BCUT2D eigenvalue weighted by Gasteiger charge is -2.28. The van der Waals surface area contributed by atoms with E-state index in [1.54, 1.807) is 11.9 Å². The van der Waals surface area contributed by atoms with Gasteiger partial charge in [0.2, 0.25) is 0 Å². The van der Waals surface area contributed by atoms with Crippen molar-refractivity contribution in [1.29, 1.82) is 0 Å². The Bertz CT molecular complexity index is 689. The van der Waals surface area contributed by atoms with Crippen molar-refractivity contribution in [2.24, 2.45) is 0 Å². The van der Waals surface area contributed by atoms with Gasteiger partial charge in [0, 0.05) is 12.4 Å². The Kier molecular flexibility index (Phi) is 4.40. The average molecular weight is 300 g/mol. The number of hydrogen-bond donors (Lipinski definition) is 0. The van der Waals surface area contributed by atoms with Crippen molar-refractivity contribution in [3.63, 3.8) is 0 Å². The molecule has 0 saturated heterocycles. The van der Waals surface area contributed by atoms with Crippen LogP contribution in [0.4, 0.5) is 4.79 Å². The fourth-order valence-electron chi connectivity index (χ4n) is 2.17. The van der Waals surface area contributed by atoms with Crippen molar-refractivity contribution < 1.29 is 9.53 Å². The highest BCUT2D eigenvalue weighted by Gasteiger charge is 2.24. The van der Waals surface area contributed by atoms with Crippen molar-refractivity contribution >= 4 is 17.0 Å². The fraction of sp³-hybridized carbons (Fsp3) is 0.444. The molecule has 1 aromatic carbocycles. The van der Waals surface area contributed by atoms with Crippen LogP contribution in [-0.4, -0.2) is 28.6 Å². The predicted molar refractivity (Wildman–Crippen MR) is 88.9 cm³/mol. The molecule has 0 bridgehead atoms. The third-order valence-electron chi connectivity index (χ3n) is 3.56. The molecule has 22 heavy (non-hydrogen) atoms. The minimum Gasteiger partial charge on any atom is -0.444 e. The molecule has 0 N–H and O–H groups in total. The number of benzene rings is 1. The number of ether oxygens (including phenoxy) is 1. The Labute approximate surface area is 132 Å². The van der Waals surface area contributed by atoms with Crippen molar-refractivity contribution in [3.05, 3.63) is 41.6 Å². The summed E-state index contributed by atoms with van der Waals surface area (Å²) in [5.41, 5.74) is 2.47. The Hall–Kier alpha value is -2.10. The molecule has 0 aliphatic rings. The maximum Gasteiger partial charge on any atom is 0.410 e. The lowest BCUT2D eigenvalue weighted by atomic mass is 10.1. The monoisotopic (exact) mass is 300 g/mol. The van der Waals surface area contributed by atoms with Gasteiger partial charge in [0.05, 0.1) is 17.3 Å². The van der Waals surface area contributed by atoms with Crippen LogP contribution in [0, 0.1) is 6.92 Å². The summed E-state index contributed by atoms with van der Waals surface area (Å²) in [5, 5.41) is 1.10. The molecule has 4 heteroatoms. The van der Waals surface area contributed by atoms with Crippen LogP contribution in [0.15, 0.2) is 30.3 Å². The molecule has 2 rings (SSSR count). The van der Waals surface area contributed by atoms with Crippen LogP contribution in [0.1, 0.15) is 45.0 Å². The van der Waals surface area contributed by atoms with E-state index < -0.39 is 5.60 Å². The van der Waals surface area contributed by atoms with Gasteiger partial charge in [-0.25, -0.2) is 4.79 Å². The lowest BCUT2D eigenvalue weighted by Crippen LogP contribution is -2.36. The molecular weight excluding hydrogens is 276 g/mol. The highest BCUT2D eigenvalue weighted by atomic mass is 16.6. The van der Waals surface area contributed by atoms with Gasteiger partial charge in [-0.15, -0.1) is 0 Å². The van der Waals surface area contributed by atoms with E-state index in [-0.39, 0.29) is 12.1 Å². The molecule has 0 radical (unpaired) electrons. The van der Waals surface area contributed by atoms with Gasteiger partial charge in [0.1, 0.15) is 5.60 Å². The number of nitrogens with zero attached hydrogens (tertiary/aromatic N) is 2. The first kappa shape index (κ1) is 16.3. The second-order valence-electron chi connectivity index (χ2n) is 6.70. The van der Waals surface area contributed by atoms with Crippen molar-refractivity contribution in [2.75, 3.05) is 7.05 Å².